The van der Waals surface area contributed by atoms with Crippen molar-refractivity contribution in [2.24, 2.45) is 0 Å². The van der Waals surface area contributed by atoms with Gasteiger partial charge < -0.3 is 15.3 Å². The summed E-state index contributed by atoms with van der Waals surface area (Å²) in [7, 11) is 0. The standard InChI is InChI=1S/C12H17N3O2/c1-2-9-10(12(16)17)3-4-14-11(9)15-7-5-13-6-8-15/h3-4,13H,2,5-8H2,1H3,(H,16,17). The molecule has 0 spiro atoms. The smallest absolute Gasteiger partial charge is 0.336 e. The van der Waals surface area contributed by atoms with Gasteiger partial charge in [-0.15, -0.1) is 0 Å². The molecule has 1 aliphatic rings. The molecule has 2 N–H and O–H groups in total. The lowest BCUT2D eigenvalue weighted by molar-refractivity contribution is 0.0695. The molecule has 0 radical (unpaired) electrons. The third-order valence-corrected chi connectivity index (χ3v) is 3.03. The minimum Gasteiger partial charge on any atom is -0.478 e. The number of anilines is 1. The third-order valence-electron chi connectivity index (χ3n) is 3.03. The fourth-order valence-corrected chi connectivity index (χ4v) is 2.18. The number of nitrogens with one attached hydrogen (secondary N) is 1. The van der Waals surface area contributed by atoms with Crippen LogP contribution in [0, 0.1) is 0 Å². The lowest BCUT2D eigenvalue weighted by Gasteiger charge is -2.30. The van der Waals surface area contributed by atoms with E-state index in [1.54, 1.807) is 12.3 Å². The second kappa shape index (κ2) is 5.14. The zero-order valence-electron chi connectivity index (χ0n) is 9.94. The Balaban J connectivity index is 2.38. The van der Waals surface area contributed by atoms with Gasteiger partial charge in [0, 0.05) is 37.9 Å². The van der Waals surface area contributed by atoms with E-state index in [1.807, 2.05) is 6.92 Å². The molecule has 0 amide bonds. The van der Waals surface area contributed by atoms with Crippen LogP contribution in [0.3, 0.4) is 0 Å². The number of hydrogen-bond acceptors (Lipinski definition) is 4. The minimum absolute atomic E-state index is 0.371. The molecule has 0 atom stereocenters. The third kappa shape index (κ3) is 2.39. The molecule has 2 heterocycles. The second-order valence-corrected chi connectivity index (χ2v) is 4.06. The zero-order chi connectivity index (χ0) is 12.3. The molecule has 5 heteroatoms. The topological polar surface area (TPSA) is 65.5 Å². The molecule has 1 aromatic rings. The van der Waals surface area contributed by atoms with Gasteiger partial charge in [0.2, 0.25) is 0 Å². The zero-order valence-corrected chi connectivity index (χ0v) is 9.94. The molecule has 0 unspecified atom stereocenters. The molecule has 2 rings (SSSR count). The highest BCUT2D eigenvalue weighted by molar-refractivity contribution is 5.90. The van der Waals surface area contributed by atoms with Gasteiger partial charge >= 0.3 is 5.97 Å². The summed E-state index contributed by atoms with van der Waals surface area (Å²) < 4.78 is 0. The van der Waals surface area contributed by atoms with Crippen LogP contribution in [0.1, 0.15) is 22.8 Å². The first-order valence-corrected chi connectivity index (χ1v) is 5.91. The van der Waals surface area contributed by atoms with Crippen LogP contribution < -0.4 is 10.2 Å². The highest BCUT2D eigenvalue weighted by atomic mass is 16.4. The van der Waals surface area contributed by atoms with E-state index >= 15 is 0 Å². The number of carbonyl (C=O) groups is 1. The van der Waals surface area contributed by atoms with Crippen LogP contribution in [0.2, 0.25) is 0 Å². The Morgan fingerprint density at radius 1 is 1.53 bits per heavy atom. The lowest BCUT2D eigenvalue weighted by atomic mass is 10.1. The first kappa shape index (κ1) is 11.9. The maximum atomic E-state index is 11.2. The second-order valence-electron chi connectivity index (χ2n) is 4.06. The van der Waals surface area contributed by atoms with Crippen molar-refractivity contribution < 1.29 is 9.90 Å². The predicted molar refractivity (Wildman–Crippen MR) is 65.7 cm³/mol. The van der Waals surface area contributed by atoms with Crippen molar-refractivity contribution in [3.05, 3.63) is 23.4 Å². The van der Waals surface area contributed by atoms with Crippen LogP contribution in [0.15, 0.2) is 12.3 Å². The van der Waals surface area contributed by atoms with Gasteiger partial charge in [-0.3, -0.25) is 0 Å². The fourth-order valence-electron chi connectivity index (χ4n) is 2.18. The molecule has 92 valence electrons. The van der Waals surface area contributed by atoms with Gasteiger partial charge in [-0.1, -0.05) is 6.92 Å². The highest BCUT2D eigenvalue weighted by Crippen LogP contribution is 2.22. The van der Waals surface area contributed by atoms with Gasteiger partial charge in [0.05, 0.1) is 5.56 Å². The summed E-state index contributed by atoms with van der Waals surface area (Å²) in [6, 6.07) is 1.58. The number of carboxylic acid groups (broad SMARTS) is 1. The van der Waals surface area contributed by atoms with Crippen molar-refractivity contribution in [2.45, 2.75) is 13.3 Å². The van der Waals surface area contributed by atoms with Gasteiger partial charge in [0.15, 0.2) is 0 Å². The average molecular weight is 235 g/mol. The van der Waals surface area contributed by atoms with E-state index in [-0.39, 0.29) is 0 Å². The summed E-state index contributed by atoms with van der Waals surface area (Å²) in [5.41, 5.74) is 1.21. The van der Waals surface area contributed by atoms with Crippen LogP contribution in [0.25, 0.3) is 0 Å². The van der Waals surface area contributed by atoms with Gasteiger partial charge in [-0.25, -0.2) is 9.78 Å². The van der Waals surface area contributed by atoms with Crippen molar-refractivity contribution in [3.63, 3.8) is 0 Å². The molecule has 0 bridgehead atoms. The van der Waals surface area contributed by atoms with Crippen molar-refractivity contribution in [2.75, 3.05) is 31.1 Å². The van der Waals surface area contributed by atoms with Crippen LogP contribution in [0.5, 0.6) is 0 Å². The van der Waals surface area contributed by atoms with Gasteiger partial charge in [0.1, 0.15) is 5.82 Å². The Labute approximate surface area is 100 Å². The van der Waals surface area contributed by atoms with Gasteiger partial charge in [0.25, 0.3) is 0 Å². The number of rotatable bonds is 3. The Morgan fingerprint density at radius 3 is 2.82 bits per heavy atom. The number of nitrogens with zero attached hydrogens (tertiary/aromatic N) is 2. The molecule has 0 aromatic carbocycles. The van der Waals surface area contributed by atoms with E-state index < -0.39 is 5.97 Å². The van der Waals surface area contributed by atoms with Crippen molar-refractivity contribution in [3.8, 4) is 0 Å². The molecule has 5 nitrogen and oxygen atoms in total. The number of hydrogen-bond donors (Lipinski definition) is 2. The Hall–Kier alpha value is -1.62. The summed E-state index contributed by atoms with van der Waals surface area (Å²) in [5.74, 6) is -0.0467. The van der Waals surface area contributed by atoms with E-state index in [4.69, 9.17) is 5.11 Å². The molecule has 1 fully saturated rings. The normalized spacial score (nSPS) is 15.9. The largest absolute Gasteiger partial charge is 0.478 e. The lowest BCUT2D eigenvalue weighted by Crippen LogP contribution is -2.44. The average Bonchev–Trinajstić information content (AvgIpc) is 2.38. The number of aromatic carboxylic acids is 1. The van der Waals surface area contributed by atoms with Gasteiger partial charge in [-0.05, 0) is 12.5 Å². The van der Waals surface area contributed by atoms with Gasteiger partial charge in [-0.2, -0.15) is 0 Å². The van der Waals surface area contributed by atoms with Crippen LogP contribution in [0.4, 0.5) is 5.82 Å². The van der Waals surface area contributed by atoms with Crippen molar-refractivity contribution >= 4 is 11.8 Å². The first-order valence-electron chi connectivity index (χ1n) is 5.91. The van der Waals surface area contributed by atoms with E-state index in [2.05, 4.69) is 15.2 Å². The molecule has 17 heavy (non-hydrogen) atoms. The molecule has 1 saturated heterocycles. The molecule has 1 aromatic heterocycles. The molecule has 1 aliphatic heterocycles. The molecule has 0 saturated carbocycles. The number of aromatic nitrogens is 1. The summed E-state index contributed by atoms with van der Waals surface area (Å²) in [4.78, 5) is 17.7. The van der Waals surface area contributed by atoms with E-state index in [0.717, 1.165) is 37.6 Å². The number of pyridine rings is 1. The Bertz CT molecular complexity index is 414. The Kier molecular flexibility index (Phi) is 3.58. The van der Waals surface area contributed by atoms with Crippen molar-refractivity contribution in [1.29, 1.82) is 0 Å². The predicted octanol–water partition coefficient (Wildman–Crippen LogP) is 0.752. The first-order chi connectivity index (χ1) is 8.24. The van der Waals surface area contributed by atoms with E-state index in [9.17, 15) is 4.79 Å². The van der Waals surface area contributed by atoms with Crippen molar-refractivity contribution in [1.82, 2.24) is 10.3 Å². The maximum Gasteiger partial charge on any atom is 0.336 e. The SMILES string of the molecule is CCc1c(C(=O)O)ccnc1N1CCNCC1. The number of piperazine rings is 1. The summed E-state index contributed by atoms with van der Waals surface area (Å²) in [6.45, 7) is 5.56. The summed E-state index contributed by atoms with van der Waals surface area (Å²) in [6.07, 6.45) is 2.27. The quantitative estimate of drug-likeness (QED) is 0.809. The molecule has 0 aliphatic carbocycles. The van der Waals surface area contributed by atoms with Crippen LogP contribution in [-0.4, -0.2) is 42.2 Å². The monoisotopic (exact) mass is 235 g/mol. The molecular formula is C12H17N3O2. The molecular weight excluding hydrogens is 218 g/mol. The van der Waals surface area contributed by atoms with E-state index in [1.165, 1.54) is 0 Å². The number of carboxylic acids is 1. The summed E-state index contributed by atoms with van der Waals surface area (Å²) >= 11 is 0. The van der Waals surface area contributed by atoms with E-state index in [0.29, 0.717) is 12.0 Å². The maximum absolute atomic E-state index is 11.2. The highest BCUT2D eigenvalue weighted by Gasteiger charge is 2.19. The minimum atomic E-state index is -0.874. The van der Waals surface area contributed by atoms with Crippen LogP contribution in [-0.2, 0) is 6.42 Å². The fraction of sp³-hybridized carbons (Fsp3) is 0.500. The van der Waals surface area contributed by atoms with Crippen LogP contribution >= 0.6 is 0 Å². The Morgan fingerprint density at radius 2 is 2.24 bits per heavy atom. The summed E-state index contributed by atoms with van der Waals surface area (Å²) in [5, 5.41) is 12.4.